The molecular weight excluding hydrogens is 523 g/mol. The zero-order valence-corrected chi connectivity index (χ0v) is 24.3. The molecule has 2 saturated heterocycles. The Balaban J connectivity index is 1.71. The van der Waals surface area contributed by atoms with Crippen molar-refractivity contribution in [3.63, 3.8) is 0 Å². The van der Waals surface area contributed by atoms with Crippen molar-refractivity contribution < 1.29 is 27.1 Å². The molecule has 2 fully saturated rings. The number of hydrogen-bond acceptors (Lipinski definition) is 7. The molecule has 2 aliphatic heterocycles. The Morgan fingerprint density at radius 1 is 1.21 bits per heavy atom. The molecule has 1 aromatic heterocycles. The molecule has 2 atom stereocenters. The molecule has 0 radical (unpaired) electrons. The highest BCUT2D eigenvalue weighted by Gasteiger charge is 2.41. The summed E-state index contributed by atoms with van der Waals surface area (Å²) >= 11 is 0. The number of carbonyl (C=O) groups excluding carboxylic acids is 1. The molecule has 39 heavy (non-hydrogen) atoms. The lowest BCUT2D eigenvalue weighted by atomic mass is 9.90. The first-order valence-electron chi connectivity index (χ1n) is 13.4. The topological polar surface area (TPSA) is 101 Å². The molecular formula is C28H39FN4O5S. The maximum absolute atomic E-state index is 14.5. The van der Waals surface area contributed by atoms with Gasteiger partial charge in [0.05, 0.1) is 24.0 Å². The molecule has 4 rings (SSSR count). The summed E-state index contributed by atoms with van der Waals surface area (Å²) in [5.41, 5.74) is 0.756. The largest absolute Gasteiger partial charge is 0.493 e. The van der Waals surface area contributed by atoms with Crippen molar-refractivity contribution in [2.45, 2.75) is 59.1 Å². The summed E-state index contributed by atoms with van der Waals surface area (Å²) in [5, 5.41) is 0. The summed E-state index contributed by atoms with van der Waals surface area (Å²) in [7, 11) is -2.54. The van der Waals surface area contributed by atoms with Crippen molar-refractivity contribution in [2.24, 2.45) is 11.8 Å². The fraction of sp³-hybridized carbons (Fsp3) is 0.571. The van der Waals surface area contributed by atoms with Crippen LogP contribution in [-0.4, -0.2) is 68.6 Å². The van der Waals surface area contributed by atoms with E-state index < -0.39 is 21.9 Å². The molecule has 0 spiro atoms. The second-order valence-corrected chi connectivity index (χ2v) is 13.1. The summed E-state index contributed by atoms with van der Waals surface area (Å²) in [4.78, 5) is 20.3. The molecule has 1 N–H and O–H groups in total. The molecule has 9 nitrogen and oxygen atoms in total. The number of hydrogen-bond donors (Lipinski definition) is 1. The van der Waals surface area contributed by atoms with E-state index in [1.54, 1.807) is 18.2 Å². The first kappa shape index (κ1) is 29.2. The molecule has 1 aromatic carbocycles. The Morgan fingerprint density at radius 3 is 2.56 bits per heavy atom. The van der Waals surface area contributed by atoms with Gasteiger partial charge in [-0.15, -0.1) is 0 Å². The van der Waals surface area contributed by atoms with Gasteiger partial charge < -0.3 is 14.4 Å². The summed E-state index contributed by atoms with van der Waals surface area (Å²) in [5.74, 6) is 0.113. The van der Waals surface area contributed by atoms with Crippen molar-refractivity contribution in [1.82, 2.24) is 14.0 Å². The highest BCUT2D eigenvalue weighted by atomic mass is 32.2. The Kier molecular flexibility index (Phi) is 8.53. The Morgan fingerprint density at radius 2 is 1.95 bits per heavy atom. The van der Waals surface area contributed by atoms with Crippen LogP contribution in [0.4, 0.5) is 10.2 Å². The predicted octanol–water partition coefficient (Wildman–Crippen LogP) is 4.24. The SMILES string of the molecule is CO[C@@H]1CCN(S(=O)(=O)NC(=O)c2ccc(-c3cc(F)cc(OCC(C)C)c3)nc2N2CCC(C)C2(C)C)C1. The maximum atomic E-state index is 14.5. The molecule has 1 unspecified atom stereocenters. The van der Waals surface area contributed by atoms with Gasteiger partial charge in [-0.25, -0.2) is 14.1 Å². The third-order valence-corrected chi connectivity index (χ3v) is 9.27. The van der Waals surface area contributed by atoms with Gasteiger partial charge in [-0.05, 0) is 62.8 Å². The highest BCUT2D eigenvalue weighted by molar-refractivity contribution is 7.87. The van der Waals surface area contributed by atoms with Crippen LogP contribution in [0.15, 0.2) is 30.3 Å². The van der Waals surface area contributed by atoms with Gasteiger partial charge in [-0.3, -0.25) is 4.79 Å². The van der Waals surface area contributed by atoms with E-state index >= 15 is 0 Å². The number of methoxy groups -OCH3 is 1. The van der Waals surface area contributed by atoms with Gasteiger partial charge in [-0.2, -0.15) is 12.7 Å². The number of carbonyl (C=O) groups is 1. The molecule has 0 bridgehead atoms. The van der Waals surface area contributed by atoms with Crippen molar-refractivity contribution >= 4 is 21.9 Å². The van der Waals surface area contributed by atoms with E-state index in [0.717, 1.165) is 6.42 Å². The minimum Gasteiger partial charge on any atom is -0.493 e. The zero-order valence-electron chi connectivity index (χ0n) is 23.5. The van der Waals surface area contributed by atoms with E-state index in [2.05, 4.69) is 25.5 Å². The predicted molar refractivity (Wildman–Crippen MR) is 149 cm³/mol. The summed E-state index contributed by atoms with van der Waals surface area (Å²) in [6, 6.07) is 7.59. The highest BCUT2D eigenvalue weighted by Crippen LogP contribution is 2.39. The minimum atomic E-state index is -4.08. The van der Waals surface area contributed by atoms with Gasteiger partial charge in [0.1, 0.15) is 17.4 Å². The summed E-state index contributed by atoms with van der Waals surface area (Å²) in [6.45, 7) is 11.8. The fourth-order valence-corrected chi connectivity index (χ4v) is 6.18. The smallest absolute Gasteiger partial charge is 0.304 e. The summed E-state index contributed by atoms with van der Waals surface area (Å²) in [6.07, 6.45) is 1.24. The van der Waals surface area contributed by atoms with Crippen molar-refractivity contribution in [1.29, 1.82) is 0 Å². The Bertz CT molecular complexity index is 1320. The van der Waals surface area contributed by atoms with Crippen LogP contribution >= 0.6 is 0 Å². The lowest BCUT2D eigenvalue weighted by Gasteiger charge is -2.36. The number of benzene rings is 1. The van der Waals surface area contributed by atoms with Crippen LogP contribution in [0.25, 0.3) is 11.3 Å². The van der Waals surface area contributed by atoms with Crippen molar-refractivity contribution in [2.75, 3.05) is 38.3 Å². The van der Waals surface area contributed by atoms with Crippen LogP contribution in [0.5, 0.6) is 5.75 Å². The quantitative estimate of drug-likeness (QED) is 0.488. The number of amides is 1. The third-order valence-electron chi connectivity index (χ3n) is 7.82. The standard InChI is InChI=1S/C28H39FN4O5S/c1-18(2)17-38-23-14-20(13-21(29)15-23)25-8-7-24(26(30-25)33-12-9-19(3)28(33,4)5)27(34)31-39(35,36)32-11-10-22(16-32)37-6/h7-8,13-15,18-19,22H,9-12,16-17H2,1-6H3,(H,31,34)/t19?,22-/m1/s1. The first-order chi connectivity index (χ1) is 18.3. The van der Waals surface area contributed by atoms with Gasteiger partial charge in [0, 0.05) is 43.9 Å². The normalized spacial score (nSPS) is 21.5. The average molecular weight is 563 g/mol. The average Bonchev–Trinajstić information content (AvgIpc) is 3.46. The van der Waals surface area contributed by atoms with Crippen LogP contribution in [0.2, 0.25) is 0 Å². The van der Waals surface area contributed by atoms with Crippen LogP contribution in [0.3, 0.4) is 0 Å². The zero-order chi connectivity index (χ0) is 28.5. The third kappa shape index (κ3) is 6.36. The van der Waals surface area contributed by atoms with Crippen molar-refractivity contribution in [3.05, 3.63) is 41.7 Å². The van der Waals surface area contributed by atoms with Crippen molar-refractivity contribution in [3.8, 4) is 17.0 Å². The molecule has 214 valence electrons. The lowest BCUT2D eigenvalue weighted by molar-refractivity contribution is 0.0977. The number of rotatable bonds is 9. The van der Waals surface area contributed by atoms with Gasteiger partial charge >= 0.3 is 10.2 Å². The van der Waals surface area contributed by atoms with Crippen LogP contribution < -0.4 is 14.4 Å². The van der Waals surface area contributed by atoms with E-state index in [1.807, 2.05) is 18.7 Å². The number of halogens is 1. The lowest BCUT2D eigenvalue weighted by Crippen LogP contribution is -2.45. The van der Waals surface area contributed by atoms with E-state index in [0.29, 0.717) is 48.3 Å². The molecule has 0 aliphatic carbocycles. The minimum absolute atomic E-state index is 0.139. The summed E-state index contributed by atoms with van der Waals surface area (Å²) < 4.78 is 55.0. The Labute approximate surface area is 230 Å². The molecule has 0 saturated carbocycles. The molecule has 2 aromatic rings. The first-order valence-corrected chi connectivity index (χ1v) is 14.8. The molecule has 2 aliphatic rings. The monoisotopic (exact) mass is 562 g/mol. The number of pyridine rings is 1. The van der Waals surface area contributed by atoms with Gasteiger partial charge in [0.25, 0.3) is 5.91 Å². The van der Waals surface area contributed by atoms with E-state index in [1.165, 1.54) is 23.5 Å². The Hall–Kier alpha value is -2.76. The van der Waals surface area contributed by atoms with Crippen LogP contribution in [0.1, 0.15) is 57.8 Å². The number of nitrogens with zero attached hydrogens (tertiary/aromatic N) is 3. The van der Waals surface area contributed by atoms with E-state index in [-0.39, 0.29) is 36.2 Å². The van der Waals surface area contributed by atoms with E-state index in [9.17, 15) is 17.6 Å². The van der Waals surface area contributed by atoms with Crippen LogP contribution in [0, 0.1) is 17.7 Å². The van der Waals surface area contributed by atoms with Gasteiger partial charge in [0.2, 0.25) is 0 Å². The number of aromatic nitrogens is 1. The second kappa shape index (κ2) is 11.4. The second-order valence-electron chi connectivity index (χ2n) is 11.4. The van der Waals surface area contributed by atoms with Gasteiger partial charge in [-0.1, -0.05) is 20.8 Å². The fourth-order valence-electron chi connectivity index (χ4n) is 5.00. The maximum Gasteiger partial charge on any atom is 0.304 e. The van der Waals surface area contributed by atoms with Crippen LogP contribution in [-0.2, 0) is 14.9 Å². The molecule has 11 heteroatoms. The van der Waals surface area contributed by atoms with E-state index in [4.69, 9.17) is 14.5 Å². The number of nitrogens with one attached hydrogen (secondary N) is 1. The van der Waals surface area contributed by atoms with Gasteiger partial charge in [0.15, 0.2) is 0 Å². The molecule has 3 heterocycles. The number of ether oxygens (including phenoxy) is 2. The number of anilines is 1. The molecule has 1 amide bonds.